The van der Waals surface area contributed by atoms with Gasteiger partial charge < -0.3 is 4.98 Å². The largest absolute Gasteiger partial charge is 0.335 e. The fraction of sp³-hybridized carbons (Fsp3) is 0.100. The molecule has 2 aromatic rings. The molecule has 0 bridgehead atoms. The average molecular weight is 316 g/mol. The van der Waals surface area contributed by atoms with Crippen molar-refractivity contribution in [3.63, 3.8) is 0 Å². The average Bonchev–Trinajstić information content (AvgIpc) is 2.47. The van der Waals surface area contributed by atoms with Crippen LogP contribution in [0.15, 0.2) is 30.5 Å². The Morgan fingerprint density at radius 2 is 1.93 bits per heavy atom. The molecule has 1 N–H and O–H groups in total. The van der Waals surface area contributed by atoms with Crippen molar-refractivity contribution in [3.8, 4) is 5.69 Å². The van der Waals surface area contributed by atoms with E-state index in [1.165, 1.54) is 3.57 Å². The normalized spacial score (nSPS) is 10.4. The van der Waals surface area contributed by atoms with Gasteiger partial charge in [-0.3, -0.25) is 4.57 Å². The van der Waals surface area contributed by atoms with Gasteiger partial charge in [0.1, 0.15) is 0 Å². The summed E-state index contributed by atoms with van der Waals surface area (Å²) in [6.45, 7) is 2.00. The number of aromatic amines is 1. The summed E-state index contributed by atoms with van der Waals surface area (Å²) in [4.78, 5) is 3.10. The number of H-pyrrole nitrogens is 1. The Labute approximate surface area is 101 Å². The lowest BCUT2D eigenvalue weighted by atomic mass is 10.3. The Morgan fingerprint density at radius 3 is 2.43 bits per heavy atom. The summed E-state index contributed by atoms with van der Waals surface area (Å²) in [6, 6.07) is 8.26. The quantitative estimate of drug-likeness (QED) is 0.631. The van der Waals surface area contributed by atoms with Gasteiger partial charge in [0.05, 0.1) is 0 Å². The molecule has 2 nitrogen and oxygen atoms in total. The molecule has 1 aromatic carbocycles. The number of hydrogen-bond acceptors (Lipinski definition) is 1. The van der Waals surface area contributed by atoms with E-state index in [4.69, 9.17) is 12.2 Å². The van der Waals surface area contributed by atoms with Crippen LogP contribution in [0.5, 0.6) is 0 Å². The molecule has 0 spiro atoms. The minimum absolute atomic E-state index is 0.740. The predicted molar refractivity (Wildman–Crippen MR) is 68.4 cm³/mol. The van der Waals surface area contributed by atoms with Crippen molar-refractivity contribution in [1.82, 2.24) is 9.55 Å². The van der Waals surface area contributed by atoms with Crippen LogP contribution < -0.4 is 0 Å². The molecule has 0 fully saturated rings. The van der Waals surface area contributed by atoms with E-state index in [2.05, 4.69) is 51.8 Å². The number of aryl methyl sites for hydroxylation is 1. The van der Waals surface area contributed by atoms with Crippen LogP contribution >= 0.6 is 34.8 Å². The lowest BCUT2D eigenvalue weighted by Gasteiger charge is -2.01. The summed E-state index contributed by atoms with van der Waals surface area (Å²) >= 11 is 7.48. The number of rotatable bonds is 1. The number of nitrogens with one attached hydrogen (secondary N) is 1. The highest BCUT2D eigenvalue weighted by Gasteiger charge is 1.98. The molecule has 1 heterocycles. The SMILES string of the molecule is Cc1cn(-c2ccc(I)cc2)c(=S)[nH]1. The molecular weight excluding hydrogens is 307 g/mol. The summed E-state index contributed by atoms with van der Waals surface area (Å²) in [7, 11) is 0. The van der Waals surface area contributed by atoms with Gasteiger partial charge in [0, 0.05) is 21.1 Å². The highest BCUT2D eigenvalue weighted by Crippen LogP contribution is 2.12. The van der Waals surface area contributed by atoms with Crippen molar-refractivity contribution in [2.75, 3.05) is 0 Å². The van der Waals surface area contributed by atoms with Crippen LogP contribution in [-0.2, 0) is 0 Å². The zero-order chi connectivity index (χ0) is 10.1. The fourth-order valence-electron chi connectivity index (χ4n) is 1.31. The minimum atomic E-state index is 0.740. The molecule has 14 heavy (non-hydrogen) atoms. The number of benzene rings is 1. The Kier molecular flexibility index (Phi) is 2.73. The maximum Gasteiger partial charge on any atom is 0.181 e. The molecule has 0 aliphatic heterocycles. The first-order chi connectivity index (χ1) is 6.66. The van der Waals surface area contributed by atoms with E-state index in [1.54, 1.807) is 0 Å². The lowest BCUT2D eigenvalue weighted by Crippen LogP contribution is -1.91. The van der Waals surface area contributed by atoms with Gasteiger partial charge in [-0.1, -0.05) is 0 Å². The van der Waals surface area contributed by atoms with Crippen LogP contribution in [0.2, 0.25) is 0 Å². The van der Waals surface area contributed by atoms with Gasteiger partial charge in [-0.15, -0.1) is 0 Å². The smallest absolute Gasteiger partial charge is 0.181 e. The monoisotopic (exact) mass is 316 g/mol. The molecular formula is C10H9IN2S. The standard InChI is InChI=1S/C10H9IN2S/c1-7-6-13(10(14)12-7)9-4-2-8(11)3-5-9/h2-6H,1H3,(H,12,14). The third kappa shape index (κ3) is 1.90. The summed E-state index contributed by atoms with van der Waals surface area (Å²) < 4.78 is 3.94. The van der Waals surface area contributed by atoms with E-state index in [-0.39, 0.29) is 0 Å². The third-order valence-corrected chi connectivity index (χ3v) is 2.97. The fourth-order valence-corrected chi connectivity index (χ4v) is 1.99. The zero-order valence-corrected chi connectivity index (χ0v) is 10.6. The van der Waals surface area contributed by atoms with Gasteiger partial charge in [0.15, 0.2) is 4.77 Å². The van der Waals surface area contributed by atoms with Crippen molar-refractivity contribution < 1.29 is 0 Å². The van der Waals surface area contributed by atoms with Crippen LogP contribution in [0.1, 0.15) is 5.69 Å². The van der Waals surface area contributed by atoms with Crippen LogP contribution in [0.3, 0.4) is 0 Å². The van der Waals surface area contributed by atoms with E-state index in [0.717, 1.165) is 16.2 Å². The van der Waals surface area contributed by atoms with Crippen LogP contribution in [0, 0.1) is 15.3 Å². The third-order valence-electron chi connectivity index (χ3n) is 1.95. The van der Waals surface area contributed by atoms with Crippen molar-refractivity contribution in [2.24, 2.45) is 0 Å². The molecule has 0 aliphatic carbocycles. The summed E-state index contributed by atoms with van der Waals surface area (Å²) in [5.41, 5.74) is 2.17. The number of halogens is 1. The first-order valence-electron chi connectivity index (χ1n) is 4.21. The van der Waals surface area contributed by atoms with Crippen LogP contribution in [0.4, 0.5) is 0 Å². The van der Waals surface area contributed by atoms with Crippen LogP contribution in [-0.4, -0.2) is 9.55 Å². The summed E-state index contributed by atoms with van der Waals surface area (Å²) in [6.07, 6.45) is 2.00. The zero-order valence-electron chi connectivity index (χ0n) is 7.62. The highest BCUT2D eigenvalue weighted by molar-refractivity contribution is 14.1. The van der Waals surface area contributed by atoms with E-state index in [0.29, 0.717) is 0 Å². The maximum atomic E-state index is 5.19. The Balaban J connectivity index is 2.54. The first-order valence-corrected chi connectivity index (χ1v) is 5.70. The topological polar surface area (TPSA) is 20.7 Å². The van der Waals surface area contributed by atoms with E-state index < -0.39 is 0 Å². The maximum absolute atomic E-state index is 5.19. The first kappa shape index (κ1) is 9.92. The Bertz CT molecular complexity index is 496. The Morgan fingerprint density at radius 1 is 1.29 bits per heavy atom. The Hall–Kier alpha value is -0.620. The number of aromatic nitrogens is 2. The van der Waals surface area contributed by atoms with Gasteiger partial charge in [0.2, 0.25) is 0 Å². The second-order valence-corrected chi connectivity index (χ2v) is 4.72. The molecule has 1 aromatic heterocycles. The lowest BCUT2D eigenvalue weighted by molar-refractivity contribution is 1.03. The minimum Gasteiger partial charge on any atom is -0.335 e. The predicted octanol–water partition coefficient (Wildman–Crippen LogP) is 3.45. The van der Waals surface area contributed by atoms with Gasteiger partial charge in [0.25, 0.3) is 0 Å². The van der Waals surface area contributed by atoms with Gasteiger partial charge in [-0.05, 0) is 66.0 Å². The molecule has 0 radical (unpaired) electrons. The van der Waals surface area contributed by atoms with E-state index in [9.17, 15) is 0 Å². The van der Waals surface area contributed by atoms with E-state index >= 15 is 0 Å². The molecule has 72 valence electrons. The van der Waals surface area contributed by atoms with Crippen molar-refractivity contribution in [1.29, 1.82) is 0 Å². The molecule has 0 saturated heterocycles. The number of imidazole rings is 1. The summed E-state index contributed by atoms with van der Waals surface area (Å²) in [5, 5.41) is 0. The van der Waals surface area contributed by atoms with Crippen molar-refractivity contribution >= 4 is 34.8 Å². The molecule has 0 saturated carbocycles. The van der Waals surface area contributed by atoms with E-state index in [1.807, 2.05) is 17.7 Å². The van der Waals surface area contributed by atoms with Crippen molar-refractivity contribution in [3.05, 3.63) is 44.5 Å². The van der Waals surface area contributed by atoms with Crippen molar-refractivity contribution in [2.45, 2.75) is 6.92 Å². The molecule has 2 rings (SSSR count). The molecule has 4 heteroatoms. The van der Waals surface area contributed by atoms with Gasteiger partial charge in [-0.2, -0.15) is 0 Å². The second-order valence-electron chi connectivity index (χ2n) is 3.09. The molecule has 0 aliphatic rings. The van der Waals surface area contributed by atoms with Crippen LogP contribution in [0.25, 0.3) is 5.69 Å². The highest BCUT2D eigenvalue weighted by atomic mass is 127. The van der Waals surface area contributed by atoms with Gasteiger partial charge >= 0.3 is 0 Å². The molecule has 0 atom stereocenters. The number of nitrogens with zero attached hydrogens (tertiary/aromatic N) is 1. The second kappa shape index (κ2) is 3.86. The van der Waals surface area contributed by atoms with Gasteiger partial charge in [-0.25, -0.2) is 0 Å². The number of hydrogen-bond donors (Lipinski definition) is 1. The summed E-state index contributed by atoms with van der Waals surface area (Å²) in [5.74, 6) is 0. The molecule has 0 unspecified atom stereocenters. The molecule has 0 amide bonds.